The van der Waals surface area contributed by atoms with E-state index in [1.807, 2.05) is 6.07 Å². The predicted octanol–water partition coefficient (Wildman–Crippen LogP) is 3.27. The molecule has 0 heterocycles. The van der Waals surface area contributed by atoms with Gasteiger partial charge in [-0.05, 0) is 54.5 Å². The van der Waals surface area contributed by atoms with Gasteiger partial charge in [0, 0.05) is 30.7 Å². The van der Waals surface area contributed by atoms with Crippen LogP contribution < -0.4 is 10.1 Å². The molecule has 0 radical (unpaired) electrons. The van der Waals surface area contributed by atoms with E-state index < -0.39 is 5.97 Å². The van der Waals surface area contributed by atoms with Crippen LogP contribution in [0.25, 0.3) is 10.8 Å². The molecule has 0 atom stereocenters. The summed E-state index contributed by atoms with van der Waals surface area (Å²) in [6, 6.07) is 13.5. The number of nitrogens with one attached hydrogen (secondary N) is 1. The monoisotopic (exact) mass is 368 g/mol. The minimum atomic E-state index is -0.715. The number of carboxylic acid groups (broad SMARTS) is 1. The molecule has 0 aromatic heterocycles. The van der Waals surface area contributed by atoms with Crippen LogP contribution in [0.4, 0.5) is 0 Å². The number of methoxy groups -OCH3 is 1. The van der Waals surface area contributed by atoms with E-state index in [0.29, 0.717) is 12.1 Å². The molecular formula is C22H28N2O3. The number of hydrogen-bond donors (Lipinski definition) is 2. The largest absolute Gasteiger partial charge is 0.496 e. The van der Waals surface area contributed by atoms with Crippen molar-refractivity contribution >= 4 is 16.7 Å². The average molecular weight is 368 g/mol. The van der Waals surface area contributed by atoms with E-state index in [4.69, 9.17) is 4.74 Å². The van der Waals surface area contributed by atoms with E-state index in [1.165, 1.54) is 29.2 Å². The fourth-order valence-electron chi connectivity index (χ4n) is 4.05. The van der Waals surface area contributed by atoms with Gasteiger partial charge in [0.15, 0.2) is 0 Å². The molecule has 0 saturated heterocycles. The Kier molecular flexibility index (Phi) is 5.32. The van der Waals surface area contributed by atoms with Crippen molar-refractivity contribution in [3.05, 3.63) is 42.0 Å². The molecule has 2 aromatic carbocycles. The van der Waals surface area contributed by atoms with Gasteiger partial charge in [0.05, 0.1) is 13.7 Å². The van der Waals surface area contributed by atoms with Gasteiger partial charge in [-0.3, -0.25) is 9.69 Å². The van der Waals surface area contributed by atoms with Crippen molar-refractivity contribution in [2.75, 3.05) is 20.2 Å². The van der Waals surface area contributed by atoms with Gasteiger partial charge < -0.3 is 15.2 Å². The summed E-state index contributed by atoms with van der Waals surface area (Å²) in [5.74, 6) is 0.921. The molecule has 2 fully saturated rings. The molecule has 0 unspecified atom stereocenters. The Balaban J connectivity index is 1.33. The minimum absolute atomic E-state index is 0.173. The molecule has 0 spiro atoms. The van der Waals surface area contributed by atoms with Crippen molar-refractivity contribution in [1.29, 1.82) is 0 Å². The SMILES string of the molecule is COc1cc2ccccc2cc1CNC1CC(N(CC(=O)O)CC2CC2)C1. The van der Waals surface area contributed by atoms with Crippen LogP contribution in [0, 0.1) is 5.92 Å². The van der Waals surface area contributed by atoms with Gasteiger partial charge in [-0.25, -0.2) is 0 Å². The maximum atomic E-state index is 11.2. The molecule has 0 bridgehead atoms. The molecule has 144 valence electrons. The normalized spacial score (nSPS) is 22.0. The summed E-state index contributed by atoms with van der Waals surface area (Å²) >= 11 is 0. The van der Waals surface area contributed by atoms with E-state index in [9.17, 15) is 9.90 Å². The highest BCUT2D eigenvalue weighted by molar-refractivity contribution is 5.85. The van der Waals surface area contributed by atoms with Crippen molar-refractivity contribution in [3.8, 4) is 5.75 Å². The van der Waals surface area contributed by atoms with Crippen molar-refractivity contribution in [3.63, 3.8) is 0 Å². The van der Waals surface area contributed by atoms with Crippen molar-refractivity contribution < 1.29 is 14.6 Å². The Hall–Kier alpha value is -2.11. The topological polar surface area (TPSA) is 61.8 Å². The molecule has 0 aliphatic heterocycles. The van der Waals surface area contributed by atoms with Gasteiger partial charge in [0.2, 0.25) is 0 Å². The molecule has 5 nitrogen and oxygen atoms in total. The second-order valence-corrected chi connectivity index (χ2v) is 7.98. The molecule has 2 aromatic rings. The molecule has 2 aliphatic carbocycles. The van der Waals surface area contributed by atoms with E-state index in [1.54, 1.807) is 7.11 Å². The zero-order valence-corrected chi connectivity index (χ0v) is 15.9. The number of aliphatic carboxylic acids is 1. The first kappa shape index (κ1) is 18.3. The van der Waals surface area contributed by atoms with Crippen LogP contribution in [0.5, 0.6) is 5.75 Å². The lowest BCUT2D eigenvalue weighted by atomic mass is 9.85. The zero-order valence-electron chi connectivity index (χ0n) is 15.9. The highest BCUT2D eigenvalue weighted by Crippen LogP contribution is 2.34. The smallest absolute Gasteiger partial charge is 0.317 e. The van der Waals surface area contributed by atoms with Crippen LogP contribution in [0.1, 0.15) is 31.2 Å². The number of nitrogens with zero attached hydrogens (tertiary/aromatic N) is 1. The number of ether oxygens (including phenoxy) is 1. The third kappa shape index (κ3) is 4.42. The Morgan fingerprint density at radius 3 is 2.56 bits per heavy atom. The van der Waals surface area contributed by atoms with Gasteiger partial charge in [-0.1, -0.05) is 24.3 Å². The molecule has 2 aliphatic rings. The van der Waals surface area contributed by atoms with Crippen molar-refractivity contribution in [2.45, 2.75) is 44.3 Å². The fraction of sp³-hybridized carbons (Fsp3) is 0.500. The second kappa shape index (κ2) is 7.87. The van der Waals surface area contributed by atoms with E-state index in [2.05, 4.69) is 40.5 Å². The maximum absolute atomic E-state index is 11.2. The summed E-state index contributed by atoms with van der Waals surface area (Å²) in [7, 11) is 1.72. The Morgan fingerprint density at radius 1 is 1.22 bits per heavy atom. The summed E-state index contributed by atoms with van der Waals surface area (Å²) < 4.78 is 5.58. The summed E-state index contributed by atoms with van der Waals surface area (Å²) in [4.78, 5) is 13.3. The van der Waals surface area contributed by atoms with E-state index in [0.717, 1.165) is 37.6 Å². The highest BCUT2D eigenvalue weighted by atomic mass is 16.5. The zero-order chi connectivity index (χ0) is 18.8. The van der Waals surface area contributed by atoms with Gasteiger partial charge in [-0.2, -0.15) is 0 Å². The second-order valence-electron chi connectivity index (χ2n) is 7.98. The first-order chi connectivity index (χ1) is 13.1. The standard InChI is InChI=1S/C22H28N2O3/c1-27-21-9-17-5-3-2-4-16(17)8-18(21)12-23-19-10-20(11-19)24(14-22(25)26)13-15-6-7-15/h2-5,8-9,15,19-20,23H,6-7,10-14H2,1H3,(H,25,26). The highest BCUT2D eigenvalue weighted by Gasteiger charge is 2.36. The van der Waals surface area contributed by atoms with Gasteiger partial charge in [-0.15, -0.1) is 0 Å². The number of fused-ring (bicyclic) bond motifs is 1. The van der Waals surface area contributed by atoms with E-state index >= 15 is 0 Å². The summed E-state index contributed by atoms with van der Waals surface area (Å²) in [5.41, 5.74) is 1.17. The third-order valence-corrected chi connectivity index (χ3v) is 5.89. The van der Waals surface area contributed by atoms with Crippen molar-refractivity contribution in [1.82, 2.24) is 10.2 Å². The molecule has 5 heteroatoms. The fourth-order valence-corrected chi connectivity index (χ4v) is 4.05. The summed E-state index contributed by atoms with van der Waals surface area (Å²) in [6.45, 7) is 1.89. The van der Waals surface area contributed by atoms with Gasteiger partial charge in [0.1, 0.15) is 5.75 Å². The predicted molar refractivity (Wildman–Crippen MR) is 106 cm³/mol. The minimum Gasteiger partial charge on any atom is -0.496 e. The molecule has 27 heavy (non-hydrogen) atoms. The molecule has 0 amide bonds. The van der Waals surface area contributed by atoms with Crippen LogP contribution in [-0.4, -0.2) is 48.3 Å². The average Bonchev–Trinajstić information content (AvgIpc) is 3.43. The summed E-state index contributed by atoms with van der Waals surface area (Å²) in [5, 5.41) is 15.2. The van der Waals surface area contributed by atoms with Gasteiger partial charge in [0.25, 0.3) is 0 Å². The lowest BCUT2D eigenvalue weighted by Gasteiger charge is -2.43. The van der Waals surface area contributed by atoms with Crippen LogP contribution in [0.3, 0.4) is 0 Å². The Labute approximate surface area is 160 Å². The number of rotatable bonds is 9. The van der Waals surface area contributed by atoms with E-state index in [-0.39, 0.29) is 6.54 Å². The first-order valence-electron chi connectivity index (χ1n) is 9.87. The van der Waals surface area contributed by atoms with Crippen molar-refractivity contribution in [2.24, 2.45) is 5.92 Å². The first-order valence-corrected chi connectivity index (χ1v) is 9.87. The van der Waals surface area contributed by atoms with Crippen LogP contribution in [0.15, 0.2) is 36.4 Å². The number of carboxylic acids is 1. The quantitative estimate of drug-likeness (QED) is 0.711. The van der Waals surface area contributed by atoms with Gasteiger partial charge >= 0.3 is 5.97 Å². The number of benzene rings is 2. The molecule has 2 N–H and O–H groups in total. The van der Waals surface area contributed by atoms with Crippen LogP contribution >= 0.6 is 0 Å². The van der Waals surface area contributed by atoms with Crippen LogP contribution in [-0.2, 0) is 11.3 Å². The molecule has 4 rings (SSSR count). The molecular weight excluding hydrogens is 340 g/mol. The number of hydrogen-bond acceptors (Lipinski definition) is 4. The molecule has 2 saturated carbocycles. The summed E-state index contributed by atoms with van der Waals surface area (Å²) in [6.07, 6.45) is 4.56. The lowest BCUT2D eigenvalue weighted by molar-refractivity contribution is -0.139. The maximum Gasteiger partial charge on any atom is 0.317 e. The third-order valence-electron chi connectivity index (χ3n) is 5.89. The number of carbonyl (C=O) groups is 1. The lowest BCUT2D eigenvalue weighted by Crippen LogP contribution is -2.54. The Bertz CT molecular complexity index is 812. The van der Waals surface area contributed by atoms with Crippen LogP contribution in [0.2, 0.25) is 0 Å². The Morgan fingerprint density at radius 2 is 1.93 bits per heavy atom.